The van der Waals surface area contributed by atoms with Crippen molar-refractivity contribution >= 4 is 29.9 Å². The van der Waals surface area contributed by atoms with Gasteiger partial charge in [0.25, 0.3) is 0 Å². The lowest BCUT2D eigenvalue weighted by atomic mass is 10.0. The van der Waals surface area contributed by atoms with Crippen LogP contribution in [0.1, 0.15) is 26.0 Å². The molecule has 2 heterocycles. The first-order chi connectivity index (χ1) is 14.2. The molecule has 7 nitrogen and oxygen atoms in total. The van der Waals surface area contributed by atoms with Crippen LogP contribution < -0.4 is 10.6 Å². The number of morpholine rings is 1. The Balaban J connectivity index is 0.00000320. The van der Waals surface area contributed by atoms with E-state index in [1.165, 1.54) is 0 Å². The van der Waals surface area contributed by atoms with Gasteiger partial charge in [0.05, 0.1) is 19.8 Å². The first-order valence-corrected chi connectivity index (χ1v) is 10.4. The van der Waals surface area contributed by atoms with Crippen LogP contribution in [0.4, 0.5) is 0 Å². The monoisotopic (exact) mass is 527 g/mol. The molecular weight excluding hydrogens is 493 g/mol. The third kappa shape index (κ3) is 7.55. The van der Waals surface area contributed by atoms with E-state index in [0.29, 0.717) is 18.5 Å². The Kier molecular flexibility index (Phi) is 10.6. The summed E-state index contributed by atoms with van der Waals surface area (Å²) in [5.41, 5.74) is 1.87. The Hall–Kier alpha value is -1.65. The minimum atomic E-state index is 0. The summed E-state index contributed by atoms with van der Waals surface area (Å²) in [5.74, 6) is 2.19. The van der Waals surface area contributed by atoms with E-state index in [1.54, 1.807) is 7.05 Å². The molecule has 2 N–H and O–H groups in total. The maximum atomic E-state index is 5.51. The summed E-state index contributed by atoms with van der Waals surface area (Å²) in [6, 6.07) is 12.4. The van der Waals surface area contributed by atoms with Gasteiger partial charge in [-0.2, -0.15) is 0 Å². The predicted molar refractivity (Wildman–Crippen MR) is 131 cm³/mol. The van der Waals surface area contributed by atoms with Crippen LogP contribution in [0.15, 0.2) is 45.9 Å². The molecular formula is C22H34IN5O2. The van der Waals surface area contributed by atoms with Crippen LogP contribution in [0.3, 0.4) is 0 Å². The molecule has 0 saturated carbocycles. The predicted octanol–water partition coefficient (Wildman–Crippen LogP) is 3.37. The third-order valence-corrected chi connectivity index (χ3v) is 5.09. The molecule has 8 heteroatoms. The van der Waals surface area contributed by atoms with Crippen molar-refractivity contribution in [2.45, 2.75) is 32.9 Å². The van der Waals surface area contributed by atoms with Gasteiger partial charge in [0, 0.05) is 44.4 Å². The van der Waals surface area contributed by atoms with E-state index in [1.807, 2.05) is 36.4 Å². The minimum absolute atomic E-state index is 0. The number of halogens is 1. The molecule has 0 spiro atoms. The number of nitrogens with one attached hydrogen (secondary N) is 2. The number of aliphatic imine (C=N–C) groups is 1. The molecule has 1 saturated heterocycles. The number of benzene rings is 1. The first kappa shape index (κ1) is 24.6. The van der Waals surface area contributed by atoms with Gasteiger partial charge in [-0.3, -0.25) is 9.89 Å². The maximum absolute atomic E-state index is 5.51. The highest BCUT2D eigenvalue weighted by Crippen LogP contribution is 2.19. The summed E-state index contributed by atoms with van der Waals surface area (Å²) in [6.07, 6.45) is 1.15. The largest absolute Gasteiger partial charge is 0.379 e. The zero-order valence-electron chi connectivity index (χ0n) is 18.1. The van der Waals surface area contributed by atoms with E-state index in [0.717, 1.165) is 62.2 Å². The topological polar surface area (TPSA) is 74.9 Å². The number of hydrogen-bond acceptors (Lipinski definition) is 5. The van der Waals surface area contributed by atoms with Crippen LogP contribution in [0.5, 0.6) is 0 Å². The van der Waals surface area contributed by atoms with Crippen molar-refractivity contribution in [3.63, 3.8) is 0 Å². The molecule has 2 aromatic rings. The number of aromatic nitrogens is 1. The first-order valence-electron chi connectivity index (χ1n) is 10.4. The zero-order chi connectivity index (χ0) is 20.5. The van der Waals surface area contributed by atoms with Gasteiger partial charge in [-0.15, -0.1) is 24.0 Å². The summed E-state index contributed by atoms with van der Waals surface area (Å²) < 4.78 is 11.0. The van der Waals surface area contributed by atoms with E-state index >= 15 is 0 Å². The fourth-order valence-electron chi connectivity index (χ4n) is 3.59. The minimum Gasteiger partial charge on any atom is -0.379 e. The Morgan fingerprint density at radius 2 is 1.90 bits per heavy atom. The molecule has 30 heavy (non-hydrogen) atoms. The van der Waals surface area contributed by atoms with Crippen LogP contribution in [0.25, 0.3) is 11.3 Å². The third-order valence-electron chi connectivity index (χ3n) is 5.09. The highest BCUT2D eigenvalue weighted by molar-refractivity contribution is 14.0. The van der Waals surface area contributed by atoms with E-state index in [2.05, 4.69) is 39.5 Å². The van der Waals surface area contributed by atoms with Gasteiger partial charge in [0.2, 0.25) is 0 Å². The van der Waals surface area contributed by atoms with Crippen LogP contribution in [0.2, 0.25) is 0 Å². The molecule has 1 aromatic carbocycles. The fraction of sp³-hybridized carbons (Fsp3) is 0.545. The Morgan fingerprint density at radius 3 is 2.57 bits per heavy atom. The second kappa shape index (κ2) is 12.9. The summed E-state index contributed by atoms with van der Waals surface area (Å²) >= 11 is 0. The summed E-state index contributed by atoms with van der Waals surface area (Å²) in [4.78, 5) is 6.88. The Labute approximate surface area is 196 Å². The van der Waals surface area contributed by atoms with Crippen LogP contribution in [0, 0.1) is 5.92 Å². The average molecular weight is 527 g/mol. The van der Waals surface area contributed by atoms with E-state index in [9.17, 15) is 0 Å². The molecule has 1 aromatic heterocycles. The van der Waals surface area contributed by atoms with Gasteiger partial charge in [0.1, 0.15) is 5.69 Å². The number of ether oxygens (including phenoxy) is 1. The van der Waals surface area contributed by atoms with Gasteiger partial charge in [-0.25, -0.2) is 0 Å². The SMILES string of the molecule is CN=C(NCc1cc(-c2ccccc2)on1)NCC(CC(C)C)N1CCOCC1.I. The molecule has 0 amide bonds. The second-order valence-corrected chi connectivity index (χ2v) is 7.79. The molecule has 1 unspecified atom stereocenters. The van der Waals surface area contributed by atoms with E-state index in [4.69, 9.17) is 9.26 Å². The van der Waals surface area contributed by atoms with Gasteiger partial charge in [0.15, 0.2) is 11.7 Å². The van der Waals surface area contributed by atoms with E-state index in [-0.39, 0.29) is 24.0 Å². The average Bonchev–Trinajstić information content (AvgIpc) is 3.23. The zero-order valence-corrected chi connectivity index (χ0v) is 20.5. The quantitative estimate of drug-likeness (QED) is 0.312. The molecule has 1 aliphatic heterocycles. The highest BCUT2D eigenvalue weighted by Gasteiger charge is 2.22. The van der Waals surface area contributed by atoms with Crippen molar-refractivity contribution in [2.75, 3.05) is 39.9 Å². The normalized spacial score (nSPS) is 16.2. The number of nitrogens with zero attached hydrogens (tertiary/aromatic N) is 3. The van der Waals surface area contributed by atoms with Crippen LogP contribution >= 0.6 is 24.0 Å². The van der Waals surface area contributed by atoms with Gasteiger partial charge >= 0.3 is 0 Å². The number of hydrogen-bond donors (Lipinski definition) is 2. The molecule has 0 radical (unpaired) electrons. The molecule has 166 valence electrons. The molecule has 0 aliphatic carbocycles. The summed E-state index contributed by atoms with van der Waals surface area (Å²) in [6.45, 7) is 9.58. The smallest absolute Gasteiger partial charge is 0.191 e. The Bertz CT molecular complexity index is 760. The lowest BCUT2D eigenvalue weighted by molar-refractivity contribution is 0.0132. The van der Waals surface area contributed by atoms with Crippen molar-refractivity contribution in [1.82, 2.24) is 20.7 Å². The Morgan fingerprint density at radius 1 is 1.17 bits per heavy atom. The van der Waals surface area contributed by atoms with Crippen LogP contribution in [-0.4, -0.2) is 62.0 Å². The van der Waals surface area contributed by atoms with Gasteiger partial charge in [-0.05, 0) is 12.3 Å². The van der Waals surface area contributed by atoms with E-state index < -0.39 is 0 Å². The molecule has 1 atom stereocenters. The summed E-state index contributed by atoms with van der Waals surface area (Å²) in [5, 5.41) is 11.0. The molecule has 1 fully saturated rings. The van der Waals surface area contributed by atoms with Crippen LogP contribution in [-0.2, 0) is 11.3 Å². The molecule has 0 bridgehead atoms. The summed E-state index contributed by atoms with van der Waals surface area (Å²) in [7, 11) is 1.79. The van der Waals surface area contributed by atoms with Crippen molar-refractivity contribution < 1.29 is 9.26 Å². The number of rotatable bonds is 8. The second-order valence-electron chi connectivity index (χ2n) is 7.79. The number of guanidine groups is 1. The van der Waals surface area contributed by atoms with Crippen molar-refractivity contribution in [3.05, 3.63) is 42.1 Å². The lowest BCUT2D eigenvalue weighted by Gasteiger charge is -2.35. The van der Waals surface area contributed by atoms with Gasteiger partial charge < -0.3 is 19.9 Å². The van der Waals surface area contributed by atoms with Crippen molar-refractivity contribution in [3.8, 4) is 11.3 Å². The lowest BCUT2D eigenvalue weighted by Crippen LogP contribution is -2.51. The fourth-order valence-corrected chi connectivity index (χ4v) is 3.59. The van der Waals surface area contributed by atoms with Crippen molar-refractivity contribution in [2.24, 2.45) is 10.9 Å². The molecule has 3 rings (SSSR count). The highest BCUT2D eigenvalue weighted by atomic mass is 127. The van der Waals surface area contributed by atoms with Crippen molar-refractivity contribution in [1.29, 1.82) is 0 Å². The van der Waals surface area contributed by atoms with Gasteiger partial charge in [-0.1, -0.05) is 49.3 Å². The standard InChI is InChI=1S/C22H33N5O2.HI/c1-17(2)13-20(27-9-11-28-12-10-27)16-25-22(23-3)24-15-19-14-21(29-26-19)18-7-5-4-6-8-18;/h4-8,14,17,20H,9-13,15-16H2,1-3H3,(H2,23,24,25);1H. The molecule has 1 aliphatic rings. The maximum Gasteiger partial charge on any atom is 0.191 e.